The van der Waals surface area contributed by atoms with Crippen molar-refractivity contribution in [3.05, 3.63) is 75.6 Å². The standard InChI is InChI=1S/C28H38N4O6/c1-17(11-12-20-19(3)10-7-13-28(20,4)5)8-6-9-18(2)14-22(33)37-15-21-23(34)24(35)25(38-21)32-16-30-26(29)31-27(32)36/h6,8-9,11-12,14,16,21,23-25,34-35H,7,10,13,15H2,1-5H3,(H2,29,31,36)/t21-,23-,24-,25-/m1/s1. The van der Waals surface area contributed by atoms with Crippen LogP contribution in [0, 0.1) is 5.41 Å². The molecule has 0 aromatic carbocycles. The van der Waals surface area contributed by atoms with Crippen molar-refractivity contribution in [3.8, 4) is 0 Å². The van der Waals surface area contributed by atoms with Crippen LogP contribution in [0.4, 0.5) is 5.95 Å². The zero-order valence-electron chi connectivity index (χ0n) is 22.6. The van der Waals surface area contributed by atoms with Crippen molar-refractivity contribution in [3.63, 3.8) is 0 Å². The zero-order chi connectivity index (χ0) is 28.0. The summed E-state index contributed by atoms with van der Waals surface area (Å²) in [5.74, 6) is -0.851. The van der Waals surface area contributed by atoms with Crippen molar-refractivity contribution < 1.29 is 24.5 Å². The van der Waals surface area contributed by atoms with Crippen LogP contribution in [0.3, 0.4) is 0 Å². The Bertz CT molecular complexity index is 1240. The second kappa shape index (κ2) is 12.5. The number of ether oxygens (including phenoxy) is 2. The summed E-state index contributed by atoms with van der Waals surface area (Å²) in [6.07, 6.45) is 10.8. The highest BCUT2D eigenvalue weighted by Crippen LogP contribution is 2.40. The van der Waals surface area contributed by atoms with Gasteiger partial charge in [-0.05, 0) is 56.6 Å². The number of aromatic nitrogens is 3. The third kappa shape index (κ3) is 7.37. The molecule has 3 rings (SSSR count). The molecule has 0 amide bonds. The van der Waals surface area contributed by atoms with E-state index in [9.17, 15) is 19.8 Å². The lowest BCUT2D eigenvalue weighted by Gasteiger charge is -2.32. The van der Waals surface area contributed by atoms with Crippen molar-refractivity contribution in [2.75, 3.05) is 12.3 Å². The summed E-state index contributed by atoms with van der Waals surface area (Å²) >= 11 is 0. The van der Waals surface area contributed by atoms with Gasteiger partial charge in [0.25, 0.3) is 0 Å². The predicted octanol–water partition coefficient (Wildman–Crippen LogP) is 2.91. The Labute approximate surface area is 222 Å². The minimum Gasteiger partial charge on any atom is -0.460 e. The number of carbonyl (C=O) groups is 1. The van der Waals surface area contributed by atoms with Crippen LogP contribution in [0.1, 0.15) is 60.1 Å². The number of rotatable bonds is 8. The quantitative estimate of drug-likeness (QED) is 0.264. The Kier molecular flexibility index (Phi) is 9.59. The molecule has 1 aromatic heterocycles. The van der Waals surface area contributed by atoms with Gasteiger partial charge in [0.2, 0.25) is 5.95 Å². The summed E-state index contributed by atoms with van der Waals surface area (Å²) in [5, 5.41) is 20.6. The van der Waals surface area contributed by atoms with Crippen molar-refractivity contribution >= 4 is 11.9 Å². The number of allylic oxidation sites excluding steroid dienone is 9. The molecule has 4 atom stereocenters. The smallest absolute Gasteiger partial charge is 0.354 e. The van der Waals surface area contributed by atoms with E-state index in [-0.39, 0.29) is 18.0 Å². The Morgan fingerprint density at radius 3 is 2.68 bits per heavy atom. The molecular formula is C28H38N4O6. The second-order valence-electron chi connectivity index (χ2n) is 10.5. The van der Waals surface area contributed by atoms with Crippen molar-refractivity contribution in [2.24, 2.45) is 5.41 Å². The predicted molar refractivity (Wildman–Crippen MR) is 144 cm³/mol. The van der Waals surface area contributed by atoms with Crippen LogP contribution in [0.5, 0.6) is 0 Å². The molecule has 1 fully saturated rings. The van der Waals surface area contributed by atoms with Gasteiger partial charge in [-0.3, -0.25) is 4.57 Å². The summed E-state index contributed by atoms with van der Waals surface area (Å²) in [7, 11) is 0. The number of nitrogens with zero attached hydrogens (tertiary/aromatic N) is 3. The maximum Gasteiger partial charge on any atom is 0.354 e. The molecule has 4 N–H and O–H groups in total. The van der Waals surface area contributed by atoms with Crippen molar-refractivity contribution in [1.82, 2.24) is 14.5 Å². The normalized spacial score (nSPS) is 26.5. The molecule has 1 aliphatic heterocycles. The maximum atomic E-state index is 12.3. The van der Waals surface area contributed by atoms with Gasteiger partial charge in [0, 0.05) is 6.08 Å². The van der Waals surface area contributed by atoms with E-state index < -0.39 is 36.2 Å². The van der Waals surface area contributed by atoms with E-state index in [4.69, 9.17) is 15.2 Å². The molecule has 1 aromatic rings. The van der Waals surface area contributed by atoms with E-state index in [1.54, 1.807) is 13.0 Å². The van der Waals surface area contributed by atoms with Crippen LogP contribution in [-0.2, 0) is 14.3 Å². The first kappa shape index (κ1) is 29.2. The molecule has 1 saturated heterocycles. The van der Waals surface area contributed by atoms with Gasteiger partial charge in [-0.1, -0.05) is 55.4 Å². The lowest BCUT2D eigenvalue weighted by Crippen LogP contribution is -2.36. The number of carbonyl (C=O) groups excluding carboxylic acids is 1. The van der Waals surface area contributed by atoms with Crippen LogP contribution < -0.4 is 11.4 Å². The Morgan fingerprint density at radius 1 is 1.26 bits per heavy atom. The van der Waals surface area contributed by atoms with Crippen molar-refractivity contribution in [1.29, 1.82) is 0 Å². The first-order valence-electron chi connectivity index (χ1n) is 12.7. The third-order valence-electron chi connectivity index (χ3n) is 6.87. The van der Waals surface area contributed by atoms with Gasteiger partial charge < -0.3 is 25.4 Å². The Balaban J connectivity index is 1.53. The number of aliphatic hydroxyl groups excluding tert-OH is 2. The molecule has 0 radical (unpaired) electrons. The van der Waals surface area contributed by atoms with Gasteiger partial charge >= 0.3 is 11.7 Å². The van der Waals surface area contributed by atoms with Crippen LogP contribution in [0.25, 0.3) is 0 Å². The summed E-state index contributed by atoms with van der Waals surface area (Å²) in [6.45, 7) is 10.3. The van der Waals surface area contributed by atoms with Gasteiger partial charge in [0.15, 0.2) is 6.23 Å². The number of nitrogen functional groups attached to an aromatic ring is 1. The summed E-state index contributed by atoms with van der Waals surface area (Å²) < 4.78 is 11.7. The SMILES string of the molecule is CC(C=CC1=C(C)CCCC1(C)C)=CC=CC(C)=CC(=O)OC[C@H]1O[C@@H](n2cnc(N)nc2=O)[C@H](O)[C@@H]1O. The number of nitrogens with two attached hydrogens (primary N) is 1. The summed E-state index contributed by atoms with van der Waals surface area (Å²) in [4.78, 5) is 31.4. The lowest BCUT2D eigenvalue weighted by atomic mass is 9.72. The first-order valence-corrected chi connectivity index (χ1v) is 12.7. The van der Waals surface area contributed by atoms with Crippen LogP contribution in [-0.4, -0.2) is 55.6 Å². The number of anilines is 1. The van der Waals surface area contributed by atoms with E-state index in [0.29, 0.717) is 5.57 Å². The molecule has 10 heteroatoms. The average Bonchev–Trinajstić information content (AvgIpc) is 3.10. The summed E-state index contributed by atoms with van der Waals surface area (Å²) in [6, 6.07) is 0. The molecular weight excluding hydrogens is 488 g/mol. The first-order chi connectivity index (χ1) is 17.9. The van der Waals surface area contributed by atoms with E-state index >= 15 is 0 Å². The average molecular weight is 527 g/mol. The molecule has 0 spiro atoms. The number of aliphatic hydroxyl groups is 2. The highest BCUT2D eigenvalue weighted by Gasteiger charge is 2.44. The van der Waals surface area contributed by atoms with Crippen LogP contribution >= 0.6 is 0 Å². The minimum absolute atomic E-state index is 0.190. The highest BCUT2D eigenvalue weighted by atomic mass is 16.6. The molecule has 2 aliphatic rings. The fraction of sp³-hybridized carbons (Fsp3) is 0.500. The van der Waals surface area contributed by atoms with E-state index in [1.807, 2.05) is 19.1 Å². The number of esters is 1. The highest BCUT2D eigenvalue weighted by molar-refractivity contribution is 5.83. The molecule has 1 aliphatic carbocycles. The summed E-state index contributed by atoms with van der Waals surface area (Å²) in [5.41, 5.74) is 9.39. The van der Waals surface area contributed by atoms with Gasteiger partial charge in [-0.15, -0.1) is 0 Å². The van der Waals surface area contributed by atoms with E-state index in [0.717, 1.165) is 22.9 Å². The fourth-order valence-corrected chi connectivity index (χ4v) is 4.70. The Hall–Kier alpha value is -3.34. The van der Waals surface area contributed by atoms with Crippen LogP contribution in [0.15, 0.2) is 69.9 Å². The zero-order valence-corrected chi connectivity index (χ0v) is 22.6. The molecule has 2 heterocycles. The van der Waals surface area contributed by atoms with Gasteiger partial charge in [0.05, 0.1) is 0 Å². The maximum absolute atomic E-state index is 12.3. The molecule has 0 bridgehead atoms. The Morgan fingerprint density at radius 2 is 2.00 bits per heavy atom. The molecule has 0 saturated carbocycles. The fourth-order valence-electron chi connectivity index (χ4n) is 4.70. The van der Waals surface area contributed by atoms with E-state index in [1.165, 1.54) is 30.1 Å². The van der Waals surface area contributed by atoms with Gasteiger partial charge in [-0.2, -0.15) is 4.98 Å². The molecule has 10 nitrogen and oxygen atoms in total. The molecule has 0 unspecified atom stereocenters. The van der Waals surface area contributed by atoms with Crippen LogP contribution in [0.2, 0.25) is 0 Å². The van der Waals surface area contributed by atoms with Gasteiger partial charge in [0.1, 0.15) is 31.2 Å². The van der Waals surface area contributed by atoms with Gasteiger partial charge in [-0.25, -0.2) is 14.6 Å². The third-order valence-corrected chi connectivity index (χ3v) is 6.87. The lowest BCUT2D eigenvalue weighted by molar-refractivity contribution is -0.144. The molecule has 38 heavy (non-hydrogen) atoms. The second-order valence-corrected chi connectivity index (χ2v) is 10.5. The minimum atomic E-state index is -1.45. The monoisotopic (exact) mass is 526 g/mol. The van der Waals surface area contributed by atoms with E-state index in [2.05, 4.69) is 42.9 Å². The molecule has 206 valence electrons. The number of hydrogen-bond donors (Lipinski definition) is 3. The van der Waals surface area contributed by atoms with Crippen molar-refractivity contribution in [2.45, 2.75) is 78.4 Å². The largest absolute Gasteiger partial charge is 0.460 e. The topological polar surface area (TPSA) is 150 Å². The number of hydrogen-bond acceptors (Lipinski definition) is 9.